The lowest BCUT2D eigenvalue weighted by Gasteiger charge is -2.37. The molecule has 2 rings (SSSR count). The van der Waals surface area contributed by atoms with Gasteiger partial charge in [0.05, 0.1) is 15.9 Å². The second-order valence-electron chi connectivity index (χ2n) is 4.01. The molecule has 8 nitrogen and oxygen atoms in total. The van der Waals surface area contributed by atoms with Crippen molar-refractivity contribution in [2.75, 3.05) is 18.0 Å². The second-order valence-corrected chi connectivity index (χ2v) is 5.57. The van der Waals surface area contributed by atoms with Crippen LogP contribution in [0.1, 0.15) is 0 Å². The van der Waals surface area contributed by atoms with E-state index in [1.807, 2.05) is 0 Å². The van der Waals surface area contributed by atoms with Gasteiger partial charge in [0.15, 0.2) is 0 Å². The summed E-state index contributed by atoms with van der Waals surface area (Å²) in [5.41, 5.74) is -0.0638. The summed E-state index contributed by atoms with van der Waals surface area (Å²) in [6, 6.07) is 3.46. The zero-order chi connectivity index (χ0) is 13.5. The summed E-state index contributed by atoms with van der Waals surface area (Å²) < 4.78 is 22.3. The average Bonchev–Trinajstić information content (AvgIpc) is 2.22. The smallest absolute Gasteiger partial charge is 0.293 e. The highest BCUT2D eigenvalue weighted by Crippen LogP contribution is 2.33. The minimum absolute atomic E-state index is 0.276. The van der Waals surface area contributed by atoms with E-state index in [1.54, 1.807) is 4.90 Å². The molecule has 0 amide bonds. The van der Waals surface area contributed by atoms with Gasteiger partial charge in [-0.2, -0.15) is 0 Å². The summed E-state index contributed by atoms with van der Waals surface area (Å²) in [5.74, 6) is 0. The number of aliphatic hydroxyl groups is 1. The van der Waals surface area contributed by atoms with Crippen molar-refractivity contribution in [3.8, 4) is 0 Å². The summed E-state index contributed by atoms with van der Waals surface area (Å²) >= 11 is 0. The zero-order valence-electron chi connectivity index (χ0n) is 9.18. The van der Waals surface area contributed by atoms with E-state index in [-0.39, 0.29) is 29.4 Å². The van der Waals surface area contributed by atoms with Gasteiger partial charge in [0.1, 0.15) is 5.69 Å². The number of nitrogens with zero attached hydrogens (tertiary/aromatic N) is 2. The lowest BCUT2D eigenvalue weighted by Crippen LogP contribution is -2.51. The molecule has 0 radical (unpaired) electrons. The average molecular weight is 273 g/mol. The van der Waals surface area contributed by atoms with Crippen molar-refractivity contribution in [1.82, 2.24) is 0 Å². The van der Waals surface area contributed by atoms with Gasteiger partial charge in [0, 0.05) is 19.2 Å². The molecule has 1 fully saturated rings. The Morgan fingerprint density at radius 1 is 1.44 bits per heavy atom. The molecule has 1 heterocycles. The van der Waals surface area contributed by atoms with Crippen LogP contribution in [0, 0.1) is 10.1 Å². The molecule has 3 N–H and O–H groups in total. The molecule has 98 valence electrons. The highest BCUT2D eigenvalue weighted by atomic mass is 32.2. The maximum atomic E-state index is 11.1. The number of benzene rings is 1. The minimum Gasteiger partial charge on any atom is -0.389 e. The van der Waals surface area contributed by atoms with E-state index in [9.17, 15) is 18.5 Å². The Morgan fingerprint density at radius 3 is 2.50 bits per heavy atom. The van der Waals surface area contributed by atoms with Crippen LogP contribution in [-0.4, -0.2) is 37.6 Å². The molecule has 0 saturated carbocycles. The fourth-order valence-corrected chi connectivity index (χ4v) is 2.28. The third kappa shape index (κ3) is 2.28. The first-order valence-corrected chi connectivity index (χ1v) is 6.58. The maximum Gasteiger partial charge on any atom is 0.293 e. The van der Waals surface area contributed by atoms with Crippen LogP contribution in [0.25, 0.3) is 0 Å². The predicted octanol–water partition coefficient (Wildman–Crippen LogP) is -0.577. The SMILES string of the molecule is NS(=O)(=O)c1ccc(N2CC(O)C2)c([N+](=O)[O-])c1. The number of β-amino-alcohol motifs (C(OH)–C–C–N with tert-alkyl or cyclic N) is 1. The summed E-state index contributed by atoms with van der Waals surface area (Å²) in [5, 5.41) is 25.0. The Bertz CT molecular complexity index is 594. The lowest BCUT2D eigenvalue weighted by molar-refractivity contribution is -0.384. The number of primary sulfonamides is 1. The molecule has 0 unspecified atom stereocenters. The molecule has 0 atom stereocenters. The molecule has 18 heavy (non-hydrogen) atoms. The predicted molar refractivity (Wildman–Crippen MR) is 62.7 cm³/mol. The summed E-state index contributed by atoms with van der Waals surface area (Å²) in [4.78, 5) is 11.5. The Kier molecular flexibility index (Phi) is 2.97. The van der Waals surface area contributed by atoms with Gasteiger partial charge in [-0.1, -0.05) is 0 Å². The molecule has 0 aromatic heterocycles. The van der Waals surface area contributed by atoms with Crippen molar-refractivity contribution in [3.05, 3.63) is 28.3 Å². The van der Waals surface area contributed by atoms with Gasteiger partial charge in [-0.3, -0.25) is 10.1 Å². The van der Waals surface area contributed by atoms with E-state index in [1.165, 1.54) is 12.1 Å². The monoisotopic (exact) mass is 273 g/mol. The number of sulfonamides is 1. The minimum atomic E-state index is -3.97. The number of rotatable bonds is 3. The number of anilines is 1. The molecule has 0 spiro atoms. The molecule has 0 aliphatic carbocycles. The van der Waals surface area contributed by atoms with Crippen molar-refractivity contribution in [2.45, 2.75) is 11.0 Å². The summed E-state index contributed by atoms with van der Waals surface area (Å²) in [6.07, 6.45) is -0.512. The van der Waals surface area contributed by atoms with Crippen molar-refractivity contribution in [2.24, 2.45) is 5.14 Å². The van der Waals surface area contributed by atoms with Crippen molar-refractivity contribution in [1.29, 1.82) is 0 Å². The van der Waals surface area contributed by atoms with Gasteiger partial charge in [0.25, 0.3) is 5.69 Å². The van der Waals surface area contributed by atoms with Gasteiger partial charge >= 0.3 is 0 Å². The molecular formula is C9H11N3O5S. The summed E-state index contributed by atoms with van der Waals surface area (Å²) in [6.45, 7) is 0.575. The second kappa shape index (κ2) is 4.19. The van der Waals surface area contributed by atoms with Gasteiger partial charge in [-0.25, -0.2) is 13.6 Å². The molecule has 1 aromatic carbocycles. The molecular weight excluding hydrogens is 262 g/mol. The topological polar surface area (TPSA) is 127 Å². The van der Waals surface area contributed by atoms with Crippen LogP contribution in [0.4, 0.5) is 11.4 Å². The van der Waals surface area contributed by atoms with Crippen molar-refractivity contribution < 1.29 is 18.4 Å². The number of nitro benzene ring substituents is 1. The third-order valence-electron chi connectivity index (χ3n) is 2.68. The van der Waals surface area contributed by atoms with Crippen molar-refractivity contribution >= 4 is 21.4 Å². The zero-order valence-corrected chi connectivity index (χ0v) is 10.0. The van der Waals surface area contributed by atoms with Crippen molar-refractivity contribution in [3.63, 3.8) is 0 Å². The highest BCUT2D eigenvalue weighted by Gasteiger charge is 2.30. The van der Waals surface area contributed by atoms with Gasteiger partial charge in [0.2, 0.25) is 10.0 Å². The Morgan fingerprint density at radius 2 is 2.06 bits per heavy atom. The molecule has 0 bridgehead atoms. The first kappa shape index (κ1) is 12.7. The Balaban J connectivity index is 2.46. The largest absolute Gasteiger partial charge is 0.389 e. The molecule has 1 saturated heterocycles. The number of hydrogen-bond acceptors (Lipinski definition) is 6. The Hall–Kier alpha value is -1.71. The molecule has 9 heteroatoms. The van der Waals surface area contributed by atoms with E-state index < -0.39 is 21.1 Å². The number of hydrogen-bond donors (Lipinski definition) is 2. The van der Waals surface area contributed by atoms with Gasteiger partial charge in [-0.15, -0.1) is 0 Å². The van der Waals surface area contributed by atoms with Crippen LogP contribution >= 0.6 is 0 Å². The normalized spacial score (nSPS) is 16.4. The fraction of sp³-hybridized carbons (Fsp3) is 0.333. The number of nitrogens with two attached hydrogens (primary N) is 1. The molecule has 1 aliphatic heterocycles. The first-order chi connectivity index (χ1) is 8.29. The molecule has 1 aromatic rings. The Labute approximate surface area is 103 Å². The van der Waals surface area contributed by atoms with Crippen LogP contribution in [0.3, 0.4) is 0 Å². The van der Waals surface area contributed by atoms with Gasteiger partial charge in [-0.05, 0) is 12.1 Å². The van der Waals surface area contributed by atoms with Gasteiger partial charge < -0.3 is 10.0 Å². The van der Waals surface area contributed by atoms with Crippen LogP contribution in [0.2, 0.25) is 0 Å². The fourth-order valence-electron chi connectivity index (χ4n) is 1.75. The maximum absolute atomic E-state index is 11.1. The standard InChI is InChI=1S/C9H11N3O5S/c10-18(16,17)7-1-2-8(9(3-7)12(14)15)11-4-6(13)5-11/h1-3,6,13H,4-5H2,(H2,10,16,17). The quantitative estimate of drug-likeness (QED) is 0.560. The van der Waals surface area contributed by atoms with E-state index in [4.69, 9.17) is 10.2 Å². The van der Waals surface area contributed by atoms with E-state index >= 15 is 0 Å². The van der Waals surface area contributed by atoms with Crippen LogP contribution in [-0.2, 0) is 10.0 Å². The summed E-state index contributed by atoms with van der Waals surface area (Å²) in [7, 11) is -3.97. The lowest BCUT2D eigenvalue weighted by atomic mass is 10.1. The van der Waals surface area contributed by atoms with E-state index in [0.29, 0.717) is 0 Å². The van der Waals surface area contributed by atoms with Crippen LogP contribution in [0.15, 0.2) is 23.1 Å². The van der Waals surface area contributed by atoms with E-state index in [2.05, 4.69) is 0 Å². The number of aliphatic hydroxyl groups excluding tert-OH is 1. The highest BCUT2D eigenvalue weighted by molar-refractivity contribution is 7.89. The first-order valence-electron chi connectivity index (χ1n) is 5.03. The number of nitro groups is 1. The van der Waals surface area contributed by atoms with Crippen LogP contribution in [0.5, 0.6) is 0 Å². The molecule has 1 aliphatic rings. The third-order valence-corrected chi connectivity index (χ3v) is 3.59. The van der Waals surface area contributed by atoms with E-state index in [0.717, 1.165) is 6.07 Å². The van der Waals surface area contributed by atoms with Crippen LogP contribution < -0.4 is 10.0 Å².